The van der Waals surface area contributed by atoms with Gasteiger partial charge in [0.2, 0.25) is 0 Å². The molecule has 0 amide bonds. The van der Waals surface area contributed by atoms with Crippen LogP contribution in [0.5, 0.6) is 0 Å². The van der Waals surface area contributed by atoms with Crippen molar-refractivity contribution in [1.82, 2.24) is 0 Å². The van der Waals surface area contributed by atoms with Crippen molar-refractivity contribution in [3.05, 3.63) is 36.0 Å². The third-order valence-corrected chi connectivity index (χ3v) is 2.79. The summed E-state index contributed by atoms with van der Waals surface area (Å²) >= 11 is 0. The highest BCUT2D eigenvalue weighted by atomic mass is 16.7. The molecule has 0 aromatic carbocycles. The molecule has 19 heavy (non-hydrogen) atoms. The van der Waals surface area contributed by atoms with Crippen LogP contribution in [0.4, 0.5) is 0 Å². The van der Waals surface area contributed by atoms with Crippen LogP contribution in [0.1, 0.15) is 34.1 Å². The molecule has 1 aliphatic rings. The fraction of sp³-hybridized carbons (Fsp3) is 0.625. The van der Waals surface area contributed by atoms with Gasteiger partial charge in [-0.25, -0.2) is 0 Å². The van der Waals surface area contributed by atoms with Gasteiger partial charge in [-0.15, -0.1) is 0 Å². The van der Waals surface area contributed by atoms with Gasteiger partial charge in [-0.2, -0.15) is 0 Å². The van der Waals surface area contributed by atoms with Crippen LogP contribution in [0.3, 0.4) is 0 Å². The van der Waals surface area contributed by atoms with Gasteiger partial charge in [0, 0.05) is 6.61 Å². The minimum absolute atomic E-state index is 0.0570. The first-order valence-electron chi connectivity index (χ1n) is 6.96. The molecule has 0 fully saturated rings. The van der Waals surface area contributed by atoms with Crippen molar-refractivity contribution in [3.63, 3.8) is 0 Å². The Bertz CT molecular complexity index is 342. The number of aliphatic hydroxyl groups excluding tert-OH is 1. The van der Waals surface area contributed by atoms with Crippen molar-refractivity contribution >= 4 is 0 Å². The predicted octanol–water partition coefficient (Wildman–Crippen LogP) is 3.21. The second-order valence-electron chi connectivity index (χ2n) is 5.32. The summed E-state index contributed by atoms with van der Waals surface area (Å²) in [4.78, 5) is 0. The Kier molecular flexibility index (Phi) is 7.06. The second-order valence-corrected chi connectivity index (χ2v) is 5.32. The van der Waals surface area contributed by atoms with Crippen molar-refractivity contribution < 1.29 is 14.6 Å². The van der Waals surface area contributed by atoms with Crippen LogP contribution in [-0.4, -0.2) is 30.2 Å². The summed E-state index contributed by atoms with van der Waals surface area (Å²) in [5, 5.41) is 9.00. The zero-order valence-electron chi connectivity index (χ0n) is 12.4. The molecule has 0 aromatic rings. The van der Waals surface area contributed by atoms with E-state index in [0.717, 1.165) is 12.0 Å². The average Bonchev–Trinajstić information content (AvgIpc) is 2.36. The SMILES string of the molecule is CC(=C/[C@H](C)CO)/C=C/[C@@H]1CC=C[C@@H](OC(C)C)O1. The quantitative estimate of drug-likeness (QED) is 0.592. The van der Waals surface area contributed by atoms with E-state index in [4.69, 9.17) is 14.6 Å². The summed E-state index contributed by atoms with van der Waals surface area (Å²) in [6.45, 7) is 8.20. The number of rotatable bonds is 6. The van der Waals surface area contributed by atoms with Gasteiger partial charge in [-0.1, -0.05) is 36.8 Å². The molecule has 1 N–H and O–H groups in total. The molecule has 0 spiro atoms. The van der Waals surface area contributed by atoms with Crippen LogP contribution >= 0.6 is 0 Å². The van der Waals surface area contributed by atoms with Crippen molar-refractivity contribution in [3.8, 4) is 0 Å². The van der Waals surface area contributed by atoms with E-state index >= 15 is 0 Å². The Balaban J connectivity index is 2.49. The topological polar surface area (TPSA) is 38.7 Å². The van der Waals surface area contributed by atoms with Crippen LogP contribution < -0.4 is 0 Å². The molecule has 0 bridgehead atoms. The molecule has 0 radical (unpaired) electrons. The van der Waals surface area contributed by atoms with Gasteiger partial charge in [0.1, 0.15) is 0 Å². The van der Waals surface area contributed by atoms with E-state index in [9.17, 15) is 0 Å². The highest BCUT2D eigenvalue weighted by molar-refractivity contribution is 5.18. The lowest BCUT2D eigenvalue weighted by molar-refractivity contribution is -0.154. The summed E-state index contributed by atoms with van der Waals surface area (Å²) in [5.41, 5.74) is 1.14. The van der Waals surface area contributed by atoms with Gasteiger partial charge >= 0.3 is 0 Å². The van der Waals surface area contributed by atoms with E-state index < -0.39 is 0 Å². The molecule has 0 aliphatic carbocycles. The number of ether oxygens (including phenoxy) is 2. The number of hydrogen-bond donors (Lipinski definition) is 1. The Labute approximate surface area is 116 Å². The third-order valence-electron chi connectivity index (χ3n) is 2.79. The molecular weight excluding hydrogens is 240 g/mol. The summed E-state index contributed by atoms with van der Waals surface area (Å²) in [6.07, 6.45) is 11.0. The van der Waals surface area contributed by atoms with E-state index in [-0.39, 0.29) is 31.0 Å². The van der Waals surface area contributed by atoms with Crippen molar-refractivity contribution in [2.75, 3.05) is 6.61 Å². The maximum atomic E-state index is 9.00. The van der Waals surface area contributed by atoms with Gasteiger partial charge < -0.3 is 14.6 Å². The molecule has 1 rings (SSSR count). The van der Waals surface area contributed by atoms with E-state index in [1.54, 1.807) is 0 Å². The zero-order chi connectivity index (χ0) is 14.3. The largest absolute Gasteiger partial charge is 0.396 e. The fourth-order valence-corrected chi connectivity index (χ4v) is 1.88. The Morgan fingerprint density at radius 1 is 1.47 bits per heavy atom. The minimum atomic E-state index is -0.246. The van der Waals surface area contributed by atoms with Crippen LogP contribution in [0, 0.1) is 5.92 Å². The Morgan fingerprint density at radius 2 is 2.21 bits per heavy atom. The standard InChI is InChI=1S/C16H26O3/c1-12(2)18-16-7-5-6-15(19-16)9-8-13(3)10-14(4)11-17/h5,7-10,12,14-17H,6,11H2,1-4H3/b9-8+,13-10-/t14-,15-,16-/m0/s1. The summed E-state index contributed by atoms with van der Waals surface area (Å²) in [6, 6.07) is 0. The number of aliphatic hydroxyl groups is 1. The van der Waals surface area contributed by atoms with E-state index in [2.05, 4.69) is 18.2 Å². The maximum absolute atomic E-state index is 9.00. The van der Waals surface area contributed by atoms with Crippen LogP contribution in [0.15, 0.2) is 36.0 Å². The highest BCUT2D eigenvalue weighted by Crippen LogP contribution is 2.16. The molecule has 1 heterocycles. The number of hydrogen-bond acceptors (Lipinski definition) is 3. The summed E-state index contributed by atoms with van der Waals surface area (Å²) in [7, 11) is 0. The van der Waals surface area contributed by atoms with Crippen LogP contribution in [0.2, 0.25) is 0 Å². The molecule has 3 nitrogen and oxygen atoms in total. The van der Waals surface area contributed by atoms with Crippen LogP contribution in [-0.2, 0) is 9.47 Å². The molecule has 0 unspecified atom stereocenters. The van der Waals surface area contributed by atoms with E-state index in [1.165, 1.54) is 0 Å². The van der Waals surface area contributed by atoms with Crippen molar-refractivity contribution in [2.45, 2.75) is 52.6 Å². The smallest absolute Gasteiger partial charge is 0.177 e. The first-order chi connectivity index (χ1) is 9.01. The first-order valence-corrected chi connectivity index (χ1v) is 6.96. The predicted molar refractivity (Wildman–Crippen MR) is 77.8 cm³/mol. The molecular formula is C16H26O3. The molecule has 0 saturated heterocycles. The Hall–Kier alpha value is -0.900. The highest BCUT2D eigenvalue weighted by Gasteiger charge is 2.17. The molecule has 0 aromatic heterocycles. The third kappa shape index (κ3) is 6.71. The normalized spacial score (nSPS) is 26.3. The average molecular weight is 266 g/mol. The zero-order valence-corrected chi connectivity index (χ0v) is 12.4. The second kappa shape index (κ2) is 8.31. The van der Waals surface area contributed by atoms with E-state index in [1.807, 2.05) is 39.8 Å². The van der Waals surface area contributed by atoms with E-state index in [0.29, 0.717) is 0 Å². The lowest BCUT2D eigenvalue weighted by atomic mass is 10.1. The summed E-state index contributed by atoms with van der Waals surface area (Å²) in [5.74, 6) is 0.189. The molecule has 3 heteroatoms. The molecule has 3 atom stereocenters. The maximum Gasteiger partial charge on any atom is 0.177 e. The number of allylic oxidation sites excluding steroid dienone is 2. The summed E-state index contributed by atoms with van der Waals surface area (Å²) < 4.78 is 11.4. The molecule has 108 valence electrons. The van der Waals surface area contributed by atoms with Crippen molar-refractivity contribution in [2.24, 2.45) is 5.92 Å². The van der Waals surface area contributed by atoms with Gasteiger partial charge in [-0.05, 0) is 39.2 Å². The van der Waals surface area contributed by atoms with Gasteiger partial charge in [0.05, 0.1) is 12.2 Å². The van der Waals surface area contributed by atoms with Gasteiger partial charge in [0.15, 0.2) is 6.29 Å². The Morgan fingerprint density at radius 3 is 2.84 bits per heavy atom. The fourth-order valence-electron chi connectivity index (χ4n) is 1.88. The first kappa shape index (κ1) is 16.2. The lowest BCUT2D eigenvalue weighted by Crippen LogP contribution is -2.27. The lowest BCUT2D eigenvalue weighted by Gasteiger charge is -2.25. The monoisotopic (exact) mass is 266 g/mol. The van der Waals surface area contributed by atoms with Crippen molar-refractivity contribution in [1.29, 1.82) is 0 Å². The molecule has 0 saturated carbocycles. The molecule has 1 aliphatic heterocycles. The van der Waals surface area contributed by atoms with Gasteiger partial charge in [0.25, 0.3) is 0 Å². The van der Waals surface area contributed by atoms with Crippen LogP contribution in [0.25, 0.3) is 0 Å². The minimum Gasteiger partial charge on any atom is -0.396 e. The van der Waals surface area contributed by atoms with Gasteiger partial charge in [-0.3, -0.25) is 0 Å².